The van der Waals surface area contributed by atoms with E-state index in [0.717, 1.165) is 11.3 Å². The lowest BCUT2D eigenvalue weighted by Crippen LogP contribution is -2.58. The highest BCUT2D eigenvalue weighted by atomic mass is 19.1. The van der Waals surface area contributed by atoms with Gasteiger partial charge in [0.15, 0.2) is 0 Å². The Kier molecular flexibility index (Phi) is 6.49. The molecule has 1 fully saturated rings. The average Bonchev–Trinajstić information content (AvgIpc) is 3.07. The van der Waals surface area contributed by atoms with Crippen LogP contribution in [0.15, 0.2) is 59.7 Å². The number of nitrogens with zero attached hydrogens (tertiary/aromatic N) is 3. The van der Waals surface area contributed by atoms with Gasteiger partial charge in [0.1, 0.15) is 23.6 Å². The lowest BCUT2D eigenvalue weighted by Gasteiger charge is -2.40. The zero-order valence-electron chi connectivity index (χ0n) is 18.6. The van der Waals surface area contributed by atoms with Crippen LogP contribution in [0.5, 0.6) is 5.75 Å². The minimum Gasteiger partial charge on any atom is -0.489 e. The molecule has 0 saturated carbocycles. The average molecular weight is 468 g/mol. The molecule has 2 atom stereocenters. The Morgan fingerprint density at radius 1 is 1.18 bits per heavy atom. The van der Waals surface area contributed by atoms with E-state index in [4.69, 9.17) is 15.2 Å². The molecule has 0 radical (unpaired) electrons. The van der Waals surface area contributed by atoms with Gasteiger partial charge in [-0.15, -0.1) is 0 Å². The molecule has 0 aromatic heterocycles. The molecule has 178 valence electrons. The van der Waals surface area contributed by atoms with Crippen LogP contribution in [0.3, 0.4) is 0 Å². The minimum atomic E-state index is -1.33. The van der Waals surface area contributed by atoms with Crippen molar-refractivity contribution in [2.24, 2.45) is 16.3 Å². The van der Waals surface area contributed by atoms with Gasteiger partial charge in [0.2, 0.25) is 6.10 Å². The molecule has 2 aromatic rings. The fraction of sp³-hybridized carbons (Fsp3) is 0.333. The fourth-order valence-corrected chi connectivity index (χ4v) is 4.42. The van der Waals surface area contributed by atoms with E-state index in [-0.39, 0.29) is 19.1 Å². The van der Waals surface area contributed by atoms with Gasteiger partial charge in [-0.3, -0.25) is 9.59 Å². The van der Waals surface area contributed by atoms with Crippen LogP contribution >= 0.6 is 0 Å². The number of fused-ring (bicyclic) bond motifs is 1. The number of halogens is 1. The molecule has 2 aliphatic heterocycles. The molecule has 0 bridgehead atoms. The topological polar surface area (TPSA) is 115 Å². The quantitative estimate of drug-likeness (QED) is 0.667. The van der Waals surface area contributed by atoms with Gasteiger partial charge in [-0.05, 0) is 36.2 Å². The molecule has 1 saturated heterocycles. The van der Waals surface area contributed by atoms with Crippen molar-refractivity contribution in [2.75, 3.05) is 26.7 Å². The van der Waals surface area contributed by atoms with E-state index in [0.29, 0.717) is 25.1 Å². The summed E-state index contributed by atoms with van der Waals surface area (Å²) in [6.45, 7) is 0.0623. The van der Waals surface area contributed by atoms with E-state index < -0.39 is 29.3 Å². The summed E-state index contributed by atoms with van der Waals surface area (Å²) in [5.74, 6) is -0.865. The van der Waals surface area contributed by atoms with Crippen LogP contribution in [0.25, 0.3) is 0 Å². The maximum absolute atomic E-state index is 13.4. The second kappa shape index (κ2) is 9.50. The van der Waals surface area contributed by atoms with E-state index in [1.165, 1.54) is 34.2 Å². The number of amides is 3. The second-order valence-corrected chi connectivity index (χ2v) is 8.32. The first-order valence-electron chi connectivity index (χ1n) is 10.8. The van der Waals surface area contributed by atoms with Gasteiger partial charge in [0.25, 0.3) is 11.8 Å². The zero-order chi connectivity index (χ0) is 24.3. The molecular formula is C24H25FN4O5. The Morgan fingerprint density at radius 2 is 1.88 bits per heavy atom. The molecule has 0 aliphatic carbocycles. The first-order valence-corrected chi connectivity index (χ1v) is 10.8. The number of hydrogen-bond donors (Lipinski definition) is 1. The summed E-state index contributed by atoms with van der Waals surface area (Å²) in [7, 11) is 1.60. The van der Waals surface area contributed by atoms with E-state index >= 15 is 0 Å². The summed E-state index contributed by atoms with van der Waals surface area (Å²) in [5.41, 5.74) is 5.85. The van der Waals surface area contributed by atoms with Gasteiger partial charge in [-0.25, -0.2) is 14.2 Å². The number of hydrazone groups is 1. The van der Waals surface area contributed by atoms with E-state index in [1.807, 2.05) is 30.3 Å². The molecule has 2 N–H and O–H groups in total. The lowest BCUT2D eigenvalue weighted by molar-refractivity contribution is -0.146. The summed E-state index contributed by atoms with van der Waals surface area (Å²) in [5, 5.41) is 5.75. The summed E-state index contributed by atoms with van der Waals surface area (Å²) in [6, 6.07) is 14.7. The Hall–Kier alpha value is -3.95. The van der Waals surface area contributed by atoms with Crippen molar-refractivity contribution in [3.8, 4) is 5.75 Å². The highest BCUT2D eigenvalue weighted by Crippen LogP contribution is 2.38. The van der Waals surface area contributed by atoms with Gasteiger partial charge in [0, 0.05) is 26.6 Å². The normalized spacial score (nSPS) is 20.4. The number of carbonyl (C=O) groups is 3. The Bertz CT molecular complexity index is 1110. The second-order valence-electron chi connectivity index (χ2n) is 8.32. The van der Waals surface area contributed by atoms with Gasteiger partial charge >= 0.3 is 6.09 Å². The predicted octanol–water partition coefficient (Wildman–Crippen LogP) is 1.96. The van der Waals surface area contributed by atoms with Gasteiger partial charge < -0.3 is 20.1 Å². The van der Waals surface area contributed by atoms with Gasteiger partial charge in [-0.1, -0.05) is 30.3 Å². The summed E-state index contributed by atoms with van der Waals surface area (Å²) in [6.07, 6.45) is -1.68. The fourth-order valence-electron chi connectivity index (χ4n) is 4.42. The largest absolute Gasteiger partial charge is 0.489 e. The van der Waals surface area contributed by atoms with E-state index in [9.17, 15) is 18.8 Å². The van der Waals surface area contributed by atoms with Crippen LogP contribution in [0.2, 0.25) is 0 Å². The number of benzene rings is 2. The summed E-state index contributed by atoms with van der Waals surface area (Å²) in [4.78, 5) is 39.6. The third-order valence-electron chi connectivity index (χ3n) is 6.01. The number of nitrogens with two attached hydrogens (primary N) is 1. The minimum absolute atomic E-state index is 0.0813. The molecule has 2 aliphatic rings. The summed E-state index contributed by atoms with van der Waals surface area (Å²) >= 11 is 0. The molecule has 2 heterocycles. The van der Waals surface area contributed by atoms with E-state index in [2.05, 4.69) is 5.10 Å². The zero-order valence-corrected chi connectivity index (χ0v) is 18.6. The number of ether oxygens (including phenoxy) is 2. The standard InChI is InChI=1S/C24H25FN4O5/c1-28-22(31)24(13-16-5-3-2-4-6-16)15-29(12-11-20(24)27-28)21(30)19(34-23(26)32)14-33-18-9-7-17(25)8-10-18/h2-10,19H,11-15H2,1H3,(H2,26,32)/t19-,24-/m1/s1. The third kappa shape index (κ3) is 4.70. The first kappa shape index (κ1) is 23.2. The maximum atomic E-state index is 13.4. The molecule has 3 amide bonds. The number of hydrogen-bond acceptors (Lipinski definition) is 6. The smallest absolute Gasteiger partial charge is 0.405 e. The third-order valence-corrected chi connectivity index (χ3v) is 6.01. The molecule has 0 unspecified atom stereocenters. The lowest BCUT2D eigenvalue weighted by atomic mass is 9.73. The van der Waals surface area contributed by atoms with Crippen LogP contribution in [-0.2, 0) is 20.7 Å². The molecule has 4 rings (SSSR count). The molecule has 9 nitrogen and oxygen atoms in total. The number of piperidine rings is 1. The Balaban J connectivity index is 1.54. The highest BCUT2D eigenvalue weighted by molar-refractivity contribution is 6.13. The SMILES string of the molecule is CN1N=C2CCN(C(=O)[C@@H](COc3ccc(F)cc3)OC(N)=O)C[C@@]2(Cc2ccccc2)C1=O. The van der Waals surface area contributed by atoms with Crippen LogP contribution < -0.4 is 10.5 Å². The van der Waals surface area contributed by atoms with Crippen molar-refractivity contribution in [3.05, 3.63) is 66.0 Å². The summed E-state index contributed by atoms with van der Waals surface area (Å²) < 4.78 is 23.7. The Labute approximate surface area is 195 Å². The molecular weight excluding hydrogens is 443 g/mol. The molecule has 0 spiro atoms. The number of primary amides is 1. The van der Waals surface area contributed by atoms with Crippen LogP contribution in [0.1, 0.15) is 12.0 Å². The molecule has 34 heavy (non-hydrogen) atoms. The Morgan fingerprint density at radius 3 is 2.56 bits per heavy atom. The monoisotopic (exact) mass is 468 g/mol. The number of carbonyl (C=O) groups excluding carboxylic acids is 3. The van der Waals surface area contributed by atoms with Crippen molar-refractivity contribution >= 4 is 23.6 Å². The van der Waals surface area contributed by atoms with Crippen molar-refractivity contribution in [3.63, 3.8) is 0 Å². The van der Waals surface area contributed by atoms with Crippen LogP contribution in [-0.4, -0.2) is 66.4 Å². The highest BCUT2D eigenvalue weighted by Gasteiger charge is 2.54. The van der Waals surface area contributed by atoms with Crippen LogP contribution in [0.4, 0.5) is 9.18 Å². The number of likely N-dealkylation sites (tertiary alicyclic amines) is 1. The maximum Gasteiger partial charge on any atom is 0.405 e. The van der Waals surface area contributed by atoms with Crippen molar-refractivity contribution < 1.29 is 28.2 Å². The van der Waals surface area contributed by atoms with Crippen molar-refractivity contribution in [1.82, 2.24) is 9.91 Å². The molecule has 10 heteroatoms. The van der Waals surface area contributed by atoms with Crippen molar-refractivity contribution in [1.29, 1.82) is 0 Å². The van der Waals surface area contributed by atoms with Crippen LogP contribution in [0, 0.1) is 11.2 Å². The first-order chi connectivity index (χ1) is 16.3. The van der Waals surface area contributed by atoms with E-state index in [1.54, 1.807) is 7.05 Å². The van der Waals surface area contributed by atoms with Gasteiger partial charge in [-0.2, -0.15) is 5.10 Å². The van der Waals surface area contributed by atoms with Gasteiger partial charge in [0.05, 0.1) is 5.71 Å². The molecule has 2 aromatic carbocycles. The predicted molar refractivity (Wildman–Crippen MR) is 120 cm³/mol. The van der Waals surface area contributed by atoms with Crippen molar-refractivity contribution in [2.45, 2.75) is 18.9 Å². The number of rotatable bonds is 7.